The quantitative estimate of drug-likeness (QED) is 0.299. The predicted molar refractivity (Wildman–Crippen MR) is 142 cm³/mol. The molecule has 0 spiro atoms. The van der Waals surface area contributed by atoms with Gasteiger partial charge in [0.2, 0.25) is 0 Å². The number of aromatic nitrogens is 2. The SMILES string of the molecule is CCC(c1nc2ccccc2c(=O)n1-c1cccc(Cl)c1)N(CC(C)C)C(=O)Nc1ccccc1F. The van der Waals surface area contributed by atoms with Crippen LogP contribution in [0.1, 0.15) is 39.1 Å². The topological polar surface area (TPSA) is 67.2 Å². The fourth-order valence-electron chi connectivity index (χ4n) is 4.28. The minimum absolute atomic E-state index is 0.0878. The Morgan fingerprint density at radius 2 is 1.81 bits per heavy atom. The molecule has 0 bridgehead atoms. The highest BCUT2D eigenvalue weighted by atomic mass is 35.5. The summed E-state index contributed by atoms with van der Waals surface area (Å²) >= 11 is 6.27. The Kier molecular flexibility index (Phi) is 7.70. The van der Waals surface area contributed by atoms with E-state index in [-0.39, 0.29) is 17.2 Å². The molecule has 0 fully saturated rings. The van der Waals surface area contributed by atoms with Gasteiger partial charge in [-0.3, -0.25) is 9.36 Å². The number of carbonyl (C=O) groups is 1. The van der Waals surface area contributed by atoms with E-state index in [9.17, 15) is 14.0 Å². The van der Waals surface area contributed by atoms with Gasteiger partial charge >= 0.3 is 6.03 Å². The van der Waals surface area contributed by atoms with Crippen LogP contribution in [0.15, 0.2) is 77.6 Å². The van der Waals surface area contributed by atoms with Crippen LogP contribution in [-0.4, -0.2) is 27.0 Å². The molecule has 1 unspecified atom stereocenters. The Hall–Kier alpha value is -3.71. The first-order chi connectivity index (χ1) is 17.3. The van der Waals surface area contributed by atoms with Crippen molar-refractivity contribution in [2.24, 2.45) is 5.92 Å². The van der Waals surface area contributed by atoms with Gasteiger partial charge in [-0.1, -0.05) is 62.7 Å². The van der Waals surface area contributed by atoms with Crippen LogP contribution in [0.5, 0.6) is 0 Å². The highest BCUT2D eigenvalue weighted by Gasteiger charge is 2.30. The average molecular weight is 507 g/mol. The Balaban J connectivity index is 1.90. The molecule has 186 valence electrons. The average Bonchev–Trinajstić information content (AvgIpc) is 2.85. The molecule has 2 amide bonds. The van der Waals surface area contributed by atoms with E-state index >= 15 is 0 Å². The van der Waals surface area contributed by atoms with Crippen LogP contribution >= 0.6 is 11.6 Å². The third-order valence-corrected chi connectivity index (χ3v) is 6.10. The number of urea groups is 1. The second-order valence-electron chi connectivity index (χ2n) is 8.99. The van der Waals surface area contributed by atoms with Gasteiger partial charge in [0.25, 0.3) is 5.56 Å². The van der Waals surface area contributed by atoms with Crippen molar-refractivity contribution in [3.8, 4) is 5.69 Å². The maximum absolute atomic E-state index is 14.3. The Morgan fingerprint density at radius 1 is 1.08 bits per heavy atom. The number of nitrogens with one attached hydrogen (secondary N) is 1. The van der Waals surface area contributed by atoms with Crippen molar-refractivity contribution < 1.29 is 9.18 Å². The molecule has 6 nitrogen and oxygen atoms in total. The van der Waals surface area contributed by atoms with E-state index in [2.05, 4.69) is 5.32 Å². The first-order valence-electron chi connectivity index (χ1n) is 11.9. The van der Waals surface area contributed by atoms with E-state index in [1.54, 1.807) is 59.5 Å². The molecule has 36 heavy (non-hydrogen) atoms. The lowest BCUT2D eigenvalue weighted by molar-refractivity contribution is 0.171. The lowest BCUT2D eigenvalue weighted by Crippen LogP contribution is -2.42. The molecule has 4 rings (SSSR count). The van der Waals surface area contributed by atoms with Gasteiger partial charge in [-0.05, 0) is 54.8 Å². The molecule has 4 aromatic rings. The highest BCUT2D eigenvalue weighted by Crippen LogP contribution is 2.28. The first-order valence-corrected chi connectivity index (χ1v) is 12.3. The van der Waals surface area contributed by atoms with E-state index < -0.39 is 17.9 Å². The number of hydrogen-bond donors (Lipinski definition) is 1. The second kappa shape index (κ2) is 10.9. The molecule has 0 saturated heterocycles. The number of anilines is 1. The largest absolute Gasteiger partial charge is 0.322 e. The number of para-hydroxylation sites is 2. The van der Waals surface area contributed by atoms with Gasteiger partial charge in [0.05, 0.1) is 28.3 Å². The molecule has 0 radical (unpaired) electrons. The van der Waals surface area contributed by atoms with Gasteiger partial charge in [-0.2, -0.15) is 0 Å². The monoisotopic (exact) mass is 506 g/mol. The fourth-order valence-corrected chi connectivity index (χ4v) is 4.46. The van der Waals surface area contributed by atoms with Crippen molar-refractivity contribution in [1.82, 2.24) is 14.5 Å². The summed E-state index contributed by atoms with van der Waals surface area (Å²) in [6.07, 6.45) is 0.475. The minimum atomic E-state index is -0.574. The summed E-state index contributed by atoms with van der Waals surface area (Å²) in [4.78, 5) is 33.8. The molecule has 3 aromatic carbocycles. The summed E-state index contributed by atoms with van der Waals surface area (Å²) in [5.74, 6) is -0.00641. The van der Waals surface area contributed by atoms with Crippen LogP contribution in [-0.2, 0) is 0 Å². The van der Waals surface area contributed by atoms with Crippen molar-refractivity contribution >= 4 is 34.2 Å². The van der Waals surface area contributed by atoms with Crippen LogP contribution in [0.4, 0.5) is 14.9 Å². The molecule has 0 aliphatic heterocycles. The van der Waals surface area contributed by atoms with Crippen molar-refractivity contribution in [1.29, 1.82) is 0 Å². The van der Waals surface area contributed by atoms with Crippen molar-refractivity contribution in [3.05, 3.63) is 99.8 Å². The first kappa shape index (κ1) is 25.4. The van der Waals surface area contributed by atoms with E-state index in [1.165, 1.54) is 16.7 Å². The van der Waals surface area contributed by atoms with Gasteiger partial charge < -0.3 is 10.2 Å². The van der Waals surface area contributed by atoms with Crippen LogP contribution in [0.25, 0.3) is 16.6 Å². The number of rotatable bonds is 7. The van der Waals surface area contributed by atoms with Gasteiger partial charge in [0, 0.05) is 11.6 Å². The standard InChI is InChI=1S/C28H28ClFN4O2/c1-4-25(33(17-18(2)3)28(36)32-24-15-8-6-13-22(24)30)26-31-23-14-7-5-12-21(23)27(35)34(26)20-11-9-10-19(29)16-20/h5-16,18,25H,4,17H2,1-3H3,(H,32,36). The van der Waals surface area contributed by atoms with Crippen LogP contribution in [0.3, 0.4) is 0 Å². The molecule has 1 aromatic heterocycles. The smallest absolute Gasteiger partial charge is 0.314 e. The fraction of sp³-hybridized carbons (Fsp3) is 0.250. The van der Waals surface area contributed by atoms with Gasteiger partial charge in [-0.25, -0.2) is 14.2 Å². The highest BCUT2D eigenvalue weighted by molar-refractivity contribution is 6.30. The normalized spacial score (nSPS) is 12.1. The van der Waals surface area contributed by atoms with E-state index in [0.717, 1.165) is 0 Å². The number of carbonyl (C=O) groups excluding carboxylic acids is 1. The molecule has 8 heteroatoms. The zero-order chi connectivity index (χ0) is 25.8. The Bertz CT molecular complexity index is 1450. The zero-order valence-electron chi connectivity index (χ0n) is 20.4. The molecular formula is C28H28ClFN4O2. The summed E-state index contributed by atoms with van der Waals surface area (Å²) in [5.41, 5.74) is 0.923. The van der Waals surface area contributed by atoms with Crippen molar-refractivity contribution in [3.63, 3.8) is 0 Å². The number of benzene rings is 3. The lowest BCUT2D eigenvalue weighted by Gasteiger charge is -2.33. The van der Waals surface area contributed by atoms with Crippen molar-refractivity contribution in [2.75, 3.05) is 11.9 Å². The third kappa shape index (κ3) is 5.26. The van der Waals surface area contributed by atoms with Gasteiger partial charge in [0.1, 0.15) is 11.6 Å². The Labute approximate surface area is 214 Å². The maximum Gasteiger partial charge on any atom is 0.322 e. The molecule has 1 N–H and O–H groups in total. The molecule has 1 atom stereocenters. The van der Waals surface area contributed by atoms with E-state index in [1.807, 2.05) is 26.8 Å². The number of fused-ring (bicyclic) bond motifs is 1. The second-order valence-corrected chi connectivity index (χ2v) is 9.42. The molecule has 0 saturated carbocycles. The van der Waals surface area contributed by atoms with Gasteiger partial charge in [-0.15, -0.1) is 0 Å². The summed E-state index contributed by atoms with van der Waals surface area (Å²) in [6, 6.07) is 19.1. The predicted octanol–water partition coefficient (Wildman–Crippen LogP) is 6.82. The summed E-state index contributed by atoms with van der Waals surface area (Å²) in [7, 11) is 0. The number of nitrogens with zero attached hydrogens (tertiary/aromatic N) is 3. The molecule has 0 aliphatic carbocycles. The third-order valence-electron chi connectivity index (χ3n) is 5.87. The summed E-state index contributed by atoms with van der Waals surface area (Å²) in [6.45, 7) is 6.29. The molecular weight excluding hydrogens is 479 g/mol. The van der Waals surface area contributed by atoms with Gasteiger partial charge in [0.15, 0.2) is 0 Å². The van der Waals surface area contributed by atoms with E-state index in [4.69, 9.17) is 16.6 Å². The lowest BCUT2D eigenvalue weighted by atomic mass is 10.1. The maximum atomic E-state index is 14.3. The molecule has 1 heterocycles. The number of hydrogen-bond acceptors (Lipinski definition) is 3. The summed E-state index contributed by atoms with van der Waals surface area (Å²) in [5, 5.41) is 3.63. The summed E-state index contributed by atoms with van der Waals surface area (Å²) < 4.78 is 15.8. The zero-order valence-corrected chi connectivity index (χ0v) is 21.2. The molecule has 0 aliphatic rings. The van der Waals surface area contributed by atoms with Crippen LogP contribution < -0.4 is 10.9 Å². The minimum Gasteiger partial charge on any atom is -0.314 e. The van der Waals surface area contributed by atoms with Crippen LogP contribution in [0, 0.1) is 11.7 Å². The van der Waals surface area contributed by atoms with Crippen LogP contribution in [0.2, 0.25) is 5.02 Å². The number of halogens is 2. The van der Waals surface area contributed by atoms with E-state index in [0.29, 0.717) is 40.4 Å². The number of amides is 2. The van der Waals surface area contributed by atoms with Crippen molar-refractivity contribution in [2.45, 2.75) is 33.2 Å². The Morgan fingerprint density at radius 3 is 2.50 bits per heavy atom.